The first-order valence-electron chi connectivity index (χ1n) is 6.73. The van der Waals surface area contributed by atoms with E-state index >= 15 is 0 Å². The molecule has 2 rings (SSSR count). The molecular weight excluding hydrogens is 200 g/mol. The van der Waals surface area contributed by atoms with Crippen LogP contribution >= 0.6 is 0 Å². The fourth-order valence-corrected chi connectivity index (χ4v) is 2.87. The van der Waals surface area contributed by atoms with Crippen LogP contribution in [0.15, 0.2) is 0 Å². The second kappa shape index (κ2) is 5.03. The molecule has 1 N–H and O–H groups in total. The van der Waals surface area contributed by atoms with Crippen LogP contribution in [0.4, 0.5) is 0 Å². The van der Waals surface area contributed by atoms with E-state index < -0.39 is 0 Å². The Kier molecular flexibility index (Phi) is 3.88. The van der Waals surface area contributed by atoms with E-state index in [9.17, 15) is 0 Å². The van der Waals surface area contributed by atoms with Crippen molar-refractivity contribution in [2.75, 3.05) is 26.3 Å². The first-order chi connectivity index (χ1) is 7.64. The van der Waals surface area contributed by atoms with Crippen LogP contribution in [-0.2, 0) is 4.74 Å². The highest BCUT2D eigenvalue weighted by molar-refractivity contribution is 4.95. The Hall–Kier alpha value is -0.120. The molecule has 2 unspecified atom stereocenters. The molecule has 0 radical (unpaired) electrons. The Morgan fingerprint density at radius 3 is 2.69 bits per heavy atom. The largest absolute Gasteiger partial charge is 0.381 e. The van der Waals surface area contributed by atoms with E-state index in [2.05, 4.69) is 31.0 Å². The third-order valence-corrected chi connectivity index (χ3v) is 4.36. The predicted molar refractivity (Wildman–Crippen MR) is 66.7 cm³/mol. The molecule has 2 saturated heterocycles. The lowest BCUT2D eigenvalue weighted by molar-refractivity contribution is -0.00978. The van der Waals surface area contributed by atoms with Gasteiger partial charge in [-0.25, -0.2) is 0 Å². The van der Waals surface area contributed by atoms with Crippen LogP contribution in [0.3, 0.4) is 0 Å². The summed E-state index contributed by atoms with van der Waals surface area (Å²) in [6, 6.07) is 1.42. The maximum absolute atomic E-state index is 5.46. The second-order valence-corrected chi connectivity index (χ2v) is 5.66. The zero-order valence-corrected chi connectivity index (χ0v) is 11.0. The normalized spacial score (nSPS) is 38.8. The highest BCUT2D eigenvalue weighted by Gasteiger charge is 2.36. The highest BCUT2D eigenvalue weighted by Crippen LogP contribution is 2.24. The SMILES string of the molecule is CCC1(C)CN(C2CCOCC2)C(C)CN1. The number of piperazine rings is 1. The van der Waals surface area contributed by atoms with Crippen LogP contribution in [0.2, 0.25) is 0 Å². The molecule has 3 heteroatoms. The number of rotatable bonds is 2. The van der Waals surface area contributed by atoms with Gasteiger partial charge in [0.25, 0.3) is 0 Å². The quantitative estimate of drug-likeness (QED) is 0.774. The van der Waals surface area contributed by atoms with E-state index in [1.165, 1.54) is 25.8 Å². The van der Waals surface area contributed by atoms with E-state index in [4.69, 9.17) is 4.74 Å². The van der Waals surface area contributed by atoms with Gasteiger partial charge in [-0.3, -0.25) is 4.90 Å². The van der Waals surface area contributed by atoms with Crippen molar-refractivity contribution in [2.45, 2.75) is 57.7 Å². The molecule has 0 spiro atoms. The topological polar surface area (TPSA) is 24.5 Å². The molecule has 2 aliphatic rings. The van der Waals surface area contributed by atoms with Crippen LogP contribution in [0.5, 0.6) is 0 Å². The molecular formula is C13H26N2O. The average molecular weight is 226 g/mol. The van der Waals surface area contributed by atoms with Crippen molar-refractivity contribution in [3.8, 4) is 0 Å². The molecule has 0 amide bonds. The Labute approximate surface area is 99.5 Å². The summed E-state index contributed by atoms with van der Waals surface area (Å²) in [4.78, 5) is 2.71. The van der Waals surface area contributed by atoms with Crippen molar-refractivity contribution in [3.05, 3.63) is 0 Å². The predicted octanol–water partition coefficient (Wildman–Crippen LogP) is 1.63. The minimum Gasteiger partial charge on any atom is -0.381 e. The molecule has 0 aromatic heterocycles. The molecule has 2 aliphatic heterocycles. The molecule has 2 fully saturated rings. The molecule has 0 bridgehead atoms. The van der Waals surface area contributed by atoms with Crippen molar-refractivity contribution in [1.29, 1.82) is 0 Å². The summed E-state index contributed by atoms with van der Waals surface area (Å²) in [5.41, 5.74) is 0.310. The van der Waals surface area contributed by atoms with Gasteiger partial charge < -0.3 is 10.1 Å². The smallest absolute Gasteiger partial charge is 0.0480 e. The van der Waals surface area contributed by atoms with Gasteiger partial charge >= 0.3 is 0 Å². The van der Waals surface area contributed by atoms with Gasteiger partial charge in [0.1, 0.15) is 0 Å². The van der Waals surface area contributed by atoms with Gasteiger partial charge in [-0.1, -0.05) is 6.92 Å². The van der Waals surface area contributed by atoms with Crippen molar-refractivity contribution in [2.24, 2.45) is 0 Å². The number of nitrogens with zero attached hydrogens (tertiary/aromatic N) is 1. The van der Waals surface area contributed by atoms with E-state index in [0.717, 1.165) is 25.8 Å². The van der Waals surface area contributed by atoms with Crippen molar-refractivity contribution in [3.63, 3.8) is 0 Å². The van der Waals surface area contributed by atoms with Gasteiger partial charge in [-0.05, 0) is 33.1 Å². The summed E-state index contributed by atoms with van der Waals surface area (Å²) in [6.45, 7) is 11.2. The zero-order chi connectivity index (χ0) is 11.6. The van der Waals surface area contributed by atoms with Crippen molar-refractivity contribution in [1.82, 2.24) is 10.2 Å². The first kappa shape index (κ1) is 12.3. The second-order valence-electron chi connectivity index (χ2n) is 5.66. The van der Waals surface area contributed by atoms with Crippen LogP contribution in [0, 0.1) is 0 Å². The van der Waals surface area contributed by atoms with Gasteiger partial charge in [-0.15, -0.1) is 0 Å². The molecule has 16 heavy (non-hydrogen) atoms. The monoisotopic (exact) mass is 226 g/mol. The molecule has 2 heterocycles. The third-order valence-electron chi connectivity index (χ3n) is 4.36. The fourth-order valence-electron chi connectivity index (χ4n) is 2.87. The number of nitrogens with one attached hydrogen (secondary N) is 1. The van der Waals surface area contributed by atoms with Crippen LogP contribution in [0.1, 0.15) is 40.0 Å². The summed E-state index contributed by atoms with van der Waals surface area (Å²) in [5.74, 6) is 0. The zero-order valence-electron chi connectivity index (χ0n) is 11.0. The number of hydrogen-bond acceptors (Lipinski definition) is 3. The van der Waals surface area contributed by atoms with Gasteiger partial charge in [0, 0.05) is 43.9 Å². The summed E-state index contributed by atoms with van der Waals surface area (Å²) >= 11 is 0. The van der Waals surface area contributed by atoms with Gasteiger partial charge in [0.05, 0.1) is 0 Å². The highest BCUT2D eigenvalue weighted by atomic mass is 16.5. The Balaban J connectivity index is 2.00. The standard InChI is InChI=1S/C13H26N2O/c1-4-13(3)10-15(11(2)9-14-13)12-5-7-16-8-6-12/h11-12,14H,4-10H2,1-3H3. The summed E-state index contributed by atoms with van der Waals surface area (Å²) in [6.07, 6.45) is 3.63. The van der Waals surface area contributed by atoms with E-state index in [-0.39, 0.29) is 0 Å². The average Bonchev–Trinajstić information content (AvgIpc) is 2.34. The third kappa shape index (κ3) is 2.58. The maximum Gasteiger partial charge on any atom is 0.0480 e. The van der Waals surface area contributed by atoms with E-state index in [1.54, 1.807) is 0 Å². The summed E-state index contributed by atoms with van der Waals surface area (Å²) in [7, 11) is 0. The molecule has 94 valence electrons. The minimum absolute atomic E-state index is 0.310. The van der Waals surface area contributed by atoms with Gasteiger partial charge in [0.2, 0.25) is 0 Å². The Bertz CT molecular complexity index is 228. The van der Waals surface area contributed by atoms with E-state index in [1.807, 2.05) is 0 Å². The Morgan fingerprint density at radius 2 is 2.06 bits per heavy atom. The first-order valence-corrected chi connectivity index (χ1v) is 6.73. The van der Waals surface area contributed by atoms with Crippen LogP contribution in [0.25, 0.3) is 0 Å². The Morgan fingerprint density at radius 1 is 1.38 bits per heavy atom. The summed E-state index contributed by atoms with van der Waals surface area (Å²) < 4.78 is 5.46. The minimum atomic E-state index is 0.310. The lowest BCUT2D eigenvalue weighted by Crippen LogP contribution is -2.64. The lowest BCUT2D eigenvalue weighted by atomic mass is 9.91. The molecule has 2 atom stereocenters. The van der Waals surface area contributed by atoms with E-state index in [0.29, 0.717) is 11.6 Å². The molecule has 3 nitrogen and oxygen atoms in total. The van der Waals surface area contributed by atoms with Crippen molar-refractivity contribution >= 4 is 0 Å². The number of hydrogen-bond donors (Lipinski definition) is 1. The van der Waals surface area contributed by atoms with Gasteiger partial charge in [-0.2, -0.15) is 0 Å². The fraction of sp³-hybridized carbons (Fsp3) is 1.00. The lowest BCUT2D eigenvalue weighted by Gasteiger charge is -2.49. The molecule has 0 saturated carbocycles. The summed E-state index contributed by atoms with van der Waals surface area (Å²) in [5, 5.41) is 3.69. The van der Waals surface area contributed by atoms with Crippen molar-refractivity contribution < 1.29 is 4.74 Å². The van der Waals surface area contributed by atoms with Crippen LogP contribution in [-0.4, -0.2) is 48.8 Å². The molecule has 0 aromatic carbocycles. The maximum atomic E-state index is 5.46. The molecule has 0 aromatic rings. The van der Waals surface area contributed by atoms with Crippen LogP contribution < -0.4 is 5.32 Å². The molecule has 0 aliphatic carbocycles. The number of ether oxygens (including phenoxy) is 1. The van der Waals surface area contributed by atoms with Gasteiger partial charge in [0.15, 0.2) is 0 Å².